The molecule has 7 heteroatoms. The van der Waals surface area contributed by atoms with Gasteiger partial charge in [-0.1, -0.05) is 0 Å². The Bertz CT molecular complexity index is 828. The summed E-state index contributed by atoms with van der Waals surface area (Å²) in [7, 11) is 2.19. The molecule has 3 aliphatic rings. The van der Waals surface area contributed by atoms with Gasteiger partial charge in [0, 0.05) is 75.4 Å². The fourth-order valence-electron chi connectivity index (χ4n) is 4.39. The maximum Gasteiger partial charge on any atom is 0.161 e. The van der Waals surface area contributed by atoms with Gasteiger partial charge in [0.05, 0.1) is 12.7 Å². The number of piperazine rings is 1. The van der Waals surface area contributed by atoms with Crippen LogP contribution in [-0.4, -0.2) is 87.0 Å². The SMILES string of the molecule is CN1CCN(c2ccc(-c3ncc4c(n3)N(CC3CNCCO3)CC4)cc2)CC1. The van der Waals surface area contributed by atoms with Crippen LogP contribution >= 0.6 is 0 Å². The Morgan fingerprint density at radius 2 is 1.93 bits per heavy atom. The molecule has 1 aromatic heterocycles. The standard InChI is InChI=1S/C22H30N6O/c1-26-9-11-27(12-10-26)19-4-2-17(3-5-19)21-24-14-18-6-8-28(22(18)25-21)16-20-15-23-7-13-29-20/h2-5,14,20,23H,6-13,15-16H2,1H3. The van der Waals surface area contributed by atoms with Crippen molar-refractivity contribution in [2.75, 3.05) is 75.8 Å². The lowest BCUT2D eigenvalue weighted by molar-refractivity contribution is 0.0335. The number of fused-ring (bicyclic) bond motifs is 1. The molecule has 0 aliphatic carbocycles. The van der Waals surface area contributed by atoms with Crippen molar-refractivity contribution in [3.8, 4) is 11.4 Å². The summed E-state index contributed by atoms with van der Waals surface area (Å²) in [6, 6.07) is 8.72. The molecule has 0 saturated carbocycles. The third-order valence-corrected chi connectivity index (χ3v) is 6.21. The third kappa shape index (κ3) is 4.08. The Labute approximate surface area is 172 Å². The van der Waals surface area contributed by atoms with E-state index in [0.29, 0.717) is 0 Å². The Balaban J connectivity index is 1.31. The molecule has 0 radical (unpaired) electrons. The maximum absolute atomic E-state index is 5.89. The first-order valence-electron chi connectivity index (χ1n) is 10.7. The molecule has 154 valence electrons. The number of benzene rings is 1. The Hall–Kier alpha value is -2.22. The van der Waals surface area contributed by atoms with Gasteiger partial charge in [-0.2, -0.15) is 0 Å². The molecule has 2 saturated heterocycles. The minimum Gasteiger partial charge on any atom is -0.374 e. The lowest BCUT2D eigenvalue weighted by Gasteiger charge is -2.34. The van der Waals surface area contributed by atoms with E-state index in [9.17, 15) is 0 Å². The van der Waals surface area contributed by atoms with Crippen molar-refractivity contribution < 1.29 is 4.74 Å². The van der Waals surface area contributed by atoms with E-state index >= 15 is 0 Å². The number of morpholine rings is 1. The Kier molecular flexibility index (Phi) is 5.35. The van der Waals surface area contributed by atoms with Gasteiger partial charge in [0.25, 0.3) is 0 Å². The van der Waals surface area contributed by atoms with Crippen LogP contribution in [0.3, 0.4) is 0 Å². The number of rotatable bonds is 4. The first kappa shape index (κ1) is 18.8. The largest absolute Gasteiger partial charge is 0.374 e. The van der Waals surface area contributed by atoms with Crippen LogP contribution in [0.1, 0.15) is 5.56 Å². The number of nitrogens with zero attached hydrogens (tertiary/aromatic N) is 5. The first-order chi connectivity index (χ1) is 14.3. The monoisotopic (exact) mass is 394 g/mol. The minimum absolute atomic E-state index is 0.232. The van der Waals surface area contributed by atoms with Crippen LogP contribution in [-0.2, 0) is 11.2 Å². The first-order valence-corrected chi connectivity index (χ1v) is 10.7. The number of aromatic nitrogens is 2. The quantitative estimate of drug-likeness (QED) is 0.837. The van der Waals surface area contributed by atoms with Crippen molar-refractivity contribution in [2.24, 2.45) is 0 Å². The van der Waals surface area contributed by atoms with Crippen molar-refractivity contribution in [1.82, 2.24) is 20.2 Å². The summed E-state index contributed by atoms with van der Waals surface area (Å²) in [6.45, 7) is 8.93. The van der Waals surface area contributed by atoms with E-state index in [2.05, 4.69) is 56.3 Å². The van der Waals surface area contributed by atoms with Crippen LogP contribution in [0.2, 0.25) is 0 Å². The molecule has 4 heterocycles. The van der Waals surface area contributed by atoms with Crippen molar-refractivity contribution >= 4 is 11.5 Å². The lowest BCUT2D eigenvalue weighted by Crippen LogP contribution is -2.45. The molecule has 5 rings (SSSR count). The zero-order chi connectivity index (χ0) is 19.6. The number of ether oxygens (including phenoxy) is 1. The summed E-state index contributed by atoms with van der Waals surface area (Å²) in [4.78, 5) is 16.8. The molecular weight excluding hydrogens is 364 g/mol. The van der Waals surface area contributed by atoms with Crippen LogP contribution < -0.4 is 15.1 Å². The van der Waals surface area contributed by atoms with Crippen LogP contribution in [0.25, 0.3) is 11.4 Å². The molecule has 2 aromatic rings. The number of hydrogen-bond donors (Lipinski definition) is 1. The number of hydrogen-bond acceptors (Lipinski definition) is 7. The predicted octanol–water partition coefficient (Wildman–Crippen LogP) is 1.25. The zero-order valence-corrected chi connectivity index (χ0v) is 17.2. The van der Waals surface area contributed by atoms with E-state index in [0.717, 1.165) is 82.6 Å². The highest BCUT2D eigenvalue weighted by molar-refractivity contribution is 5.64. The molecule has 0 amide bonds. The maximum atomic E-state index is 5.89. The van der Waals surface area contributed by atoms with Crippen LogP contribution in [0.15, 0.2) is 30.5 Å². The summed E-state index contributed by atoms with van der Waals surface area (Å²) in [6.07, 6.45) is 3.25. The summed E-state index contributed by atoms with van der Waals surface area (Å²) in [5.41, 5.74) is 3.60. The summed E-state index contributed by atoms with van der Waals surface area (Å²) in [5.74, 6) is 1.88. The average Bonchev–Trinajstić information content (AvgIpc) is 3.17. The molecule has 1 aromatic carbocycles. The second-order valence-electron chi connectivity index (χ2n) is 8.27. The van der Waals surface area contributed by atoms with Crippen molar-refractivity contribution in [1.29, 1.82) is 0 Å². The van der Waals surface area contributed by atoms with E-state index in [4.69, 9.17) is 9.72 Å². The van der Waals surface area contributed by atoms with Gasteiger partial charge in [-0.15, -0.1) is 0 Å². The van der Waals surface area contributed by atoms with Crippen molar-refractivity contribution in [3.63, 3.8) is 0 Å². The molecular formula is C22H30N6O. The molecule has 2 fully saturated rings. The highest BCUT2D eigenvalue weighted by Crippen LogP contribution is 2.29. The van der Waals surface area contributed by atoms with Gasteiger partial charge in [0.2, 0.25) is 0 Å². The van der Waals surface area contributed by atoms with E-state index in [-0.39, 0.29) is 6.10 Å². The Morgan fingerprint density at radius 1 is 1.10 bits per heavy atom. The molecule has 29 heavy (non-hydrogen) atoms. The van der Waals surface area contributed by atoms with Gasteiger partial charge in [-0.3, -0.25) is 0 Å². The van der Waals surface area contributed by atoms with E-state index in [1.165, 1.54) is 11.3 Å². The molecule has 1 atom stereocenters. The molecule has 3 aliphatic heterocycles. The Morgan fingerprint density at radius 3 is 2.69 bits per heavy atom. The summed E-state index contributed by atoms with van der Waals surface area (Å²) < 4.78 is 5.89. The van der Waals surface area contributed by atoms with Gasteiger partial charge in [-0.05, 0) is 37.7 Å². The van der Waals surface area contributed by atoms with E-state index in [1.807, 2.05) is 6.20 Å². The number of likely N-dealkylation sites (N-methyl/N-ethyl adjacent to an activating group) is 1. The number of anilines is 2. The molecule has 0 bridgehead atoms. The smallest absolute Gasteiger partial charge is 0.161 e. The van der Waals surface area contributed by atoms with Gasteiger partial charge in [0.1, 0.15) is 5.82 Å². The van der Waals surface area contributed by atoms with E-state index < -0.39 is 0 Å². The van der Waals surface area contributed by atoms with Gasteiger partial charge < -0.3 is 24.8 Å². The summed E-state index contributed by atoms with van der Waals surface area (Å²) in [5, 5.41) is 3.41. The molecule has 1 N–H and O–H groups in total. The minimum atomic E-state index is 0.232. The van der Waals surface area contributed by atoms with Crippen LogP contribution in [0.4, 0.5) is 11.5 Å². The van der Waals surface area contributed by atoms with Gasteiger partial charge in [-0.25, -0.2) is 9.97 Å². The fourth-order valence-corrected chi connectivity index (χ4v) is 4.39. The van der Waals surface area contributed by atoms with Crippen LogP contribution in [0.5, 0.6) is 0 Å². The number of nitrogens with one attached hydrogen (secondary N) is 1. The van der Waals surface area contributed by atoms with Gasteiger partial charge in [0.15, 0.2) is 5.82 Å². The normalized spacial score (nSPS) is 22.7. The lowest BCUT2D eigenvalue weighted by atomic mass is 10.1. The van der Waals surface area contributed by atoms with E-state index in [1.54, 1.807) is 0 Å². The third-order valence-electron chi connectivity index (χ3n) is 6.21. The van der Waals surface area contributed by atoms with Crippen molar-refractivity contribution in [3.05, 3.63) is 36.0 Å². The van der Waals surface area contributed by atoms with Crippen molar-refractivity contribution in [2.45, 2.75) is 12.5 Å². The second-order valence-corrected chi connectivity index (χ2v) is 8.27. The highest BCUT2D eigenvalue weighted by Gasteiger charge is 2.26. The molecule has 7 nitrogen and oxygen atoms in total. The highest BCUT2D eigenvalue weighted by atomic mass is 16.5. The van der Waals surface area contributed by atoms with Crippen LogP contribution in [0, 0.1) is 0 Å². The second kappa shape index (κ2) is 8.26. The average molecular weight is 395 g/mol. The molecule has 1 unspecified atom stereocenters. The van der Waals surface area contributed by atoms with Gasteiger partial charge >= 0.3 is 0 Å². The molecule has 0 spiro atoms. The summed E-state index contributed by atoms with van der Waals surface area (Å²) >= 11 is 0. The topological polar surface area (TPSA) is 56.8 Å². The fraction of sp³-hybridized carbons (Fsp3) is 0.545. The predicted molar refractivity (Wildman–Crippen MR) is 116 cm³/mol. The zero-order valence-electron chi connectivity index (χ0n) is 17.2.